The first kappa shape index (κ1) is 16.5. The van der Waals surface area contributed by atoms with Crippen molar-refractivity contribution in [1.82, 2.24) is 10.3 Å². The number of hydrogen-bond acceptors (Lipinski definition) is 6. The van der Waals surface area contributed by atoms with Crippen LogP contribution in [-0.4, -0.2) is 29.1 Å². The van der Waals surface area contributed by atoms with Crippen molar-refractivity contribution in [2.45, 2.75) is 33.3 Å². The highest BCUT2D eigenvalue weighted by Crippen LogP contribution is 2.26. The molecule has 2 aromatic heterocycles. The fraction of sp³-hybridized carbons (Fsp3) is 0.467. The van der Waals surface area contributed by atoms with Crippen molar-refractivity contribution in [2.24, 2.45) is 0 Å². The lowest BCUT2D eigenvalue weighted by Gasteiger charge is -2.23. The second kappa shape index (κ2) is 6.50. The summed E-state index contributed by atoms with van der Waals surface area (Å²) in [5, 5.41) is 18.7. The lowest BCUT2D eigenvalue weighted by Crippen LogP contribution is -2.38. The van der Waals surface area contributed by atoms with Gasteiger partial charge in [0.25, 0.3) is 5.91 Å². The Morgan fingerprint density at radius 1 is 1.50 bits per heavy atom. The van der Waals surface area contributed by atoms with Crippen LogP contribution in [0.5, 0.6) is 0 Å². The van der Waals surface area contributed by atoms with E-state index in [0.29, 0.717) is 22.1 Å². The standard InChI is InChI=1S/C15H21N3O3S/c1-5-16-14-18-12(7-22-14)13(19)17-8-15(4,20)11-6-9(2)21-10(11)3/h6-7,20H,5,8H2,1-4H3,(H,16,18)(H,17,19). The lowest BCUT2D eigenvalue weighted by atomic mass is 9.96. The van der Waals surface area contributed by atoms with Gasteiger partial charge in [-0.2, -0.15) is 0 Å². The number of aryl methyl sites for hydroxylation is 2. The molecular weight excluding hydrogens is 302 g/mol. The Hall–Kier alpha value is -1.86. The van der Waals surface area contributed by atoms with Gasteiger partial charge in [0.05, 0.1) is 6.54 Å². The number of nitrogens with zero attached hydrogens (tertiary/aromatic N) is 1. The number of hydrogen-bond donors (Lipinski definition) is 3. The fourth-order valence-electron chi connectivity index (χ4n) is 2.21. The maximum atomic E-state index is 12.1. The minimum Gasteiger partial charge on any atom is -0.466 e. The molecule has 7 heteroatoms. The molecule has 0 aliphatic rings. The number of carbonyl (C=O) groups is 1. The number of rotatable bonds is 6. The topological polar surface area (TPSA) is 87.4 Å². The Morgan fingerprint density at radius 2 is 2.23 bits per heavy atom. The molecule has 1 unspecified atom stereocenters. The van der Waals surface area contributed by atoms with E-state index in [1.807, 2.05) is 13.8 Å². The fourth-order valence-corrected chi connectivity index (χ4v) is 2.98. The van der Waals surface area contributed by atoms with Crippen molar-refractivity contribution < 1.29 is 14.3 Å². The molecule has 1 atom stereocenters. The normalized spacial score (nSPS) is 13.7. The predicted octanol–water partition coefficient (Wildman–Crippen LogP) is 2.42. The summed E-state index contributed by atoms with van der Waals surface area (Å²) in [5.74, 6) is 1.08. The van der Waals surface area contributed by atoms with Crippen molar-refractivity contribution in [3.63, 3.8) is 0 Å². The lowest BCUT2D eigenvalue weighted by molar-refractivity contribution is 0.0513. The van der Waals surface area contributed by atoms with Gasteiger partial charge in [-0.05, 0) is 33.8 Å². The summed E-state index contributed by atoms with van der Waals surface area (Å²) in [5.41, 5.74) is -0.174. The Balaban J connectivity index is 2.01. The molecule has 2 aromatic rings. The predicted molar refractivity (Wildman–Crippen MR) is 86.4 cm³/mol. The molecule has 1 amide bonds. The van der Waals surface area contributed by atoms with E-state index in [1.165, 1.54) is 11.3 Å². The molecule has 0 fully saturated rings. The molecule has 3 N–H and O–H groups in total. The Labute approximate surface area is 133 Å². The van der Waals surface area contributed by atoms with Crippen molar-refractivity contribution in [2.75, 3.05) is 18.4 Å². The number of aromatic nitrogens is 1. The molecular formula is C15H21N3O3S. The van der Waals surface area contributed by atoms with Crippen molar-refractivity contribution >= 4 is 22.4 Å². The van der Waals surface area contributed by atoms with E-state index in [1.54, 1.807) is 25.3 Å². The first-order valence-corrected chi connectivity index (χ1v) is 7.99. The summed E-state index contributed by atoms with van der Waals surface area (Å²) in [6, 6.07) is 1.79. The summed E-state index contributed by atoms with van der Waals surface area (Å²) in [7, 11) is 0. The number of anilines is 1. The largest absolute Gasteiger partial charge is 0.466 e. The highest BCUT2D eigenvalue weighted by molar-refractivity contribution is 7.13. The van der Waals surface area contributed by atoms with Crippen LogP contribution in [0, 0.1) is 13.8 Å². The number of thiazole rings is 1. The van der Waals surface area contributed by atoms with Gasteiger partial charge in [-0.3, -0.25) is 4.79 Å². The third kappa shape index (κ3) is 3.66. The van der Waals surface area contributed by atoms with Gasteiger partial charge >= 0.3 is 0 Å². The van der Waals surface area contributed by atoms with Gasteiger partial charge in [-0.25, -0.2) is 4.98 Å². The molecule has 0 saturated heterocycles. The molecule has 2 rings (SSSR count). The number of nitrogens with one attached hydrogen (secondary N) is 2. The number of amides is 1. The smallest absolute Gasteiger partial charge is 0.270 e. The number of furan rings is 1. The molecule has 0 radical (unpaired) electrons. The third-order valence-electron chi connectivity index (χ3n) is 3.28. The van der Waals surface area contributed by atoms with E-state index in [2.05, 4.69) is 15.6 Å². The molecule has 120 valence electrons. The van der Waals surface area contributed by atoms with Gasteiger partial charge in [0.1, 0.15) is 22.8 Å². The zero-order valence-corrected chi connectivity index (χ0v) is 14.0. The average molecular weight is 323 g/mol. The maximum Gasteiger partial charge on any atom is 0.270 e. The average Bonchev–Trinajstić information content (AvgIpc) is 3.03. The van der Waals surface area contributed by atoms with Crippen LogP contribution in [0.1, 0.15) is 41.4 Å². The van der Waals surface area contributed by atoms with Crippen LogP contribution in [0.3, 0.4) is 0 Å². The van der Waals surface area contributed by atoms with Crippen molar-refractivity contribution in [3.8, 4) is 0 Å². The SMILES string of the molecule is CCNc1nc(C(=O)NCC(C)(O)c2cc(C)oc2C)cs1. The van der Waals surface area contributed by atoms with Crippen LogP contribution in [0.2, 0.25) is 0 Å². The summed E-state index contributed by atoms with van der Waals surface area (Å²) in [6.45, 7) is 8.07. The van der Waals surface area contributed by atoms with Crippen LogP contribution >= 0.6 is 11.3 Å². The monoisotopic (exact) mass is 323 g/mol. The van der Waals surface area contributed by atoms with Gasteiger partial charge in [0, 0.05) is 17.5 Å². The molecule has 0 bridgehead atoms. The highest BCUT2D eigenvalue weighted by Gasteiger charge is 2.28. The van der Waals surface area contributed by atoms with Crippen LogP contribution < -0.4 is 10.6 Å². The van der Waals surface area contributed by atoms with Crippen LogP contribution in [-0.2, 0) is 5.60 Å². The zero-order valence-electron chi connectivity index (χ0n) is 13.2. The minimum absolute atomic E-state index is 0.0830. The van der Waals surface area contributed by atoms with Crippen LogP contribution in [0.4, 0.5) is 5.13 Å². The maximum absolute atomic E-state index is 12.1. The first-order valence-electron chi connectivity index (χ1n) is 7.11. The van der Waals surface area contributed by atoms with Gasteiger partial charge in [-0.1, -0.05) is 0 Å². The van der Waals surface area contributed by atoms with Crippen molar-refractivity contribution in [3.05, 3.63) is 34.2 Å². The number of carbonyl (C=O) groups excluding carboxylic acids is 1. The molecule has 6 nitrogen and oxygen atoms in total. The van der Waals surface area contributed by atoms with E-state index in [0.717, 1.165) is 12.3 Å². The quantitative estimate of drug-likeness (QED) is 0.760. The second-order valence-corrected chi connectivity index (χ2v) is 6.21. The summed E-state index contributed by atoms with van der Waals surface area (Å²) in [4.78, 5) is 16.3. The second-order valence-electron chi connectivity index (χ2n) is 5.35. The van der Waals surface area contributed by atoms with E-state index in [9.17, 15) is 9.90 Å². The summed E-state index contributed by atoms with van der Waals surface area (Å²) >= 11 is 1.38. The molecule has 22 heavy (non-hydrogen) atoms. The van der Waals surface area contributed by atoms with E-state index < -0.39 is 5.60 Å². The highest BCUT2D eigenvalue weighted by atomic mass is 32.1. The van der Waals surface area contributed by atoms with Crippen LogP contribution in [0.15, 0.2) is 15.9 Å². The summed E-state index contributed by atoms with van der Waals surface area (Å²) in [6.07, 6.45) is 0. The van der Waals surface area contributed by atoms with Gasteiger partial charge in [0.15, 0.2) is 5.13 Å². The Kier molecular flexibility index (Phi) is 4.87. The van der Waals surface area contributed by atoms with Gasteiger partial charge in [-0.15, -0.1) is 11.3 Å². The number of aliphatic hydroxyl groups is 1. The first-order chi connectivity index (χ1) is 10.3. The minimum atomic E-state index is -1.20. The summed E-state index contributed by atoms with van der Waals surface area (Å²) < 4.78 is 5.43. The molecule has 2 heterocycles. The third-order valence-corrected chi connectivity index (χ3v) is 4.08. The van der Waals surface area contributed by atoms with Crippen molar-refractivity contribution in [1.29, 1.82) is 0 Å². The molecule has 0 saturated carbocycles. The van der Waals surface area contributed by atoms with E-state index >= 15 is 0 Å². The Morgan fingerprint density at radius 3 is 2.82 bits per heavy atom. The van der Waals surface area contributed by atoms with Gasteiger partial charge < -0.3 is 20.2 Å². The molecule has 0 spiro atoms. The van der Waals surface area contributed by atoms with E-state index in [4.69, 9.17) is 4.42 Å². The zero-order chi connectivity index (χ0) is 16.3. The Bertz CT molecular complexity index is 661. The molecule has 0 aliphatic carbocycles. The molecule has 0 aliphatic heterocycles. The van der Waals surface area contributed by atoms with Gasteiger partial charge in [0.2, 0.25) is 0 Å². The van der Waals surface area contributed by atoms with E-state index in [-0.39, 0.29) is 12.5 Å². The molecule has 0 aromatic carbocycles. The van der Waals surface area contributed by atoms with Crippen LogP contribution in [0.25, 0.3) is 0 Å².